The van der Waals surface area contributed by atoms with Gasteiger partial charge in [0, 0.05) is 0 Å². The average molecular weight is 146 g/mol. The number of hydrogen-bond acceptors (Lipinski definition) is 2. The van der Waals surface area contributed by atoms with Crippen LogP contribution in [-0.4, -0.2) is 13.7 Å². The fourth-order valence-corrected chi connectivity index (χ4v) is 1.63. The molecule has 3 heteroatoms. The van der Waals surface area contributed by atoms with Crippen molar-refractivity contribution in [2.75, 3.05) is 0 Å². The van der Waals surface area contributed by atoms with E-state index in [0.717, 1.165) is 19.3 Å². The van der Waals surface area contributed by atoms with Gasteiger partial charge in [-0.15, -0.1) is 0 Å². The van der Waals surface area contributed by atoms with Crippen molar-refractivity contribution in [3.63, 3.8) is 0 Å². The third-order valence-corrected chi connectivity index (χ3v) is 2.47. The van der Waals surface area contributed by atoms with Crippen LogP contribution in [0.3, 0.4) is 0 Å². The minimum atomic E-state index is -2.21. The summed E-state index contributed by atoms with van der Waals surface area (Å²) in [5, 5.41) is -0.172. The van der Waals surface area contributed by atoms with Crippen molar-refractivity contribution in [3.8, 4) is 0 Å². The molecule has 2 nitrogen and oxygen atoms in total. The molecule has 0 heterocycles. The molecule has 1 aliphatic rings. The van der Waals surface area contributed by atoms with E-state index in [0.29, 0.717) is 0 Å². The largest absolute Gasteiger partial charge is 0.231 e. The Morgan fingerprint density at radius 2 is 2.22 bits per heavy atom. The summed E-state index contributed by atoms with van der Waals surface area (Å²) in [4.78, 5) is 0. The third-order valence-electron chi connectivity index (χ3n) is 1.50. The second-order valence-corrected chi connectivity index (χ2v) is 3.45. The van der Waals surface area contributed by atoms with Crippen LogP contribution in [-0.2, 0) is 10.7 Å². The third kappa shape index (κ3) is 1.82. The summed E-state index contributed by atoms with van der Waals surface area (Å²) in [5.74, 6) is 0. The van der Waals surface area contributed by atoms with Gasteiger partial charge in [0.25, 0.3) is 0 Å². The topological polar surface area (TPSA) is 34.1 Å². The first kappa shape index (κ1) is 6.81. The smallest absolute Gasteiger partial charge is 0.146 e. The van der Waals surface area contributed by atoms with Crippen LogP contribution in [0.5, 0.6) is 0 Å². The molecule has 9 heavy (non-hydrogen) atoms. The normalized spacial score (nSPS) is 27.0. The Hall–Kier alpha value is -0.310. The Balaban J connectivity index is 2.60. The van der Waals surface area contributed by atoms with E-state index in [1.807, 2.05) is 6.08 Å². The maximum atomic E-state index is 10.3. The van der Waals surface area contributed by atoms with Crippen molar-refractivity contribution in [1.29, 1.82) is 0 Å². The van der Waals surface area contributed by atoms with Crippen LogP contribution < -0.4 is 0 Å². The molecule has 1 unspecified atom stereocenters. The molecule has 1 rings (SSSR count). The Morgan fingerprint density at radius 1 is 1.44 bits per heavy atom. The zero-order chi connectivity index (χ0) is 6.69. The van der Waals surface area contributed by atoms with Crippen molar-refractivity contribution >= 4 is 10.7 Å². The van der Waals surface area contributed by atoms with Crippen molar-refractivity contribution in [2.45, 2.75) is 24.5 Å². The molecular weight excluding hydrogens is 136 g/mol. The number of thiol groups is 1. The lowest BCUT2D eigenvalue weighted by atomic mass is 10.1. The molecule has 1 aliphatic carbocycles. The molecule has 0 amide bonds. The van der Waals surface area contributed by atoms with Crippen molar-refractivity contribution < 1.29 is 8.42 Å². The van der Waals surface area contributed by atoms with Crippen LogP contribution in [0.15, 0.2) is 12.2 Å². The molecule has 0 aromatic rings. The fourth-order valence-electron chi connectivity index (χ4n) is 0.970. The van der Waals surface area contributed by atoms with Gasteiger partial charge in [-0.1, -0.05) is 12.2 Å². The molecule has 0 aliphatic heterocycles. The molecule has 0 aromatic carbocycles. The van der Waals surface area contributed by atoms with Crippen LogP contribution in [0.2, 0.25) is 0 Å². The maximum absolute atomic E-state index is 10.3. The molecule has 0 radical (unpaired) electrons. The van der Waals surface area contributed by atoms with Gasteiger partial charge < -0.3 is 0 Å². The van der Waals surface area contributed by atoms with E-state index in [4.69, 9.17) is 0 Å². The van der Waals surface area contributed by atoms with E-state index >= 15 is 0 Å². The minimum Gasteiger partial charge on any atom is -0.231 e. The highest BCUT2D eigenvalue weighted by Gasteiger charge is 2.08. The van der Waals surface area contributed by atoms with E-state index in [9.17, 15) is 8.42 Å². The average Bonchev–Trinajstić information content (AvgIpc) is 1.90. The SMILES string of the molecule is O=[SH](=O)C1C=CCCC1. The minimum absolute atomic E-state index is 0.172. The Bertz CT molecular complexity index is 173. The van der Waals surface area contributed by atoms with E-state index < -0.39 is 10.7 Å². The molecule has 0 spiro atoms. The summed E-state index contributed by atoms with van der Waals surface area (Å²) >= 11 is 0. The molecule has 0 N–H and O–H groups in total. The van der Waals surface area contributed by atoms with Gasteiger partial charge in [0.1, 0.15) is 10.7 Å². The molecule has 52 valence electrons. The van der Waals surface area contributed by atoms with Crippen molar-refractivity contribution in [2.24, 2.45) is 0 Å². The summed E-state index contributed by atoms with van der Waals surface area (Å²) in [5.41, 5.74) is 0. The van der Waals surface area contributed by atoms with E-state index in [-0.39, 0.29) is 5.25 Å². The summed E-state index contributed by atoms with van der Waals surface area (Å²) in [7, 11) is -2.21. The van der Waals surface area contributed by atoms with Crippen LogP contribution in [0.25, 0.3) is 0 Å². The van der Waals surface area contributed by atoms with Gasteiger partial charge in [0.2, 0.25) is 0 Å². The van der Waals surface area contributed by atoms with Gasteiger partial charge >= 0.3 is 0 Å². The molecule has 0 saturated carbocycles. The lowest BCUT2D eigenvalue weighted by molar-refractivity contribution is 0.596. The van der Waals surface area contributed by atoms with Gasteiger partial charge in [-0.25, -0.2) is 8.42 Å². The van der Waals surface area contributed by atoms with Gasteiger partial charge in [0.05, 0.1) is 5.25 Å². The number of allylic oxidation sites excluding steroid dienone is 1. The van der Waals surface area contributed by atoms with Crippen LogP contribution in [0, 0.1) is 0 Å². The zero-order valence-corrected chi connectivity index (χ0v) is 6.01. The molecular formula is C6H10O2S. The van der Waals surface area contributed by atoms with Gasteiger partial charge in [0.15, 0.2) is 0 Å². The highest BCUT2D eigenvalue weighted by molar-refractivity contribution is 7.73. The lowest BCUT2D eigenvalue weighted by Gasteiger charge is -2.07. The van der Waals surface area contributed by atoms with E-state index in [1.54, 1.807) is 6.08 Å². The zero-order valence-electron chi connectivity index (χ0n) is 5.12. The number of rotatable bonds is 1. The van der Waals surface area contributed by atoms with Crippen LogP contribution in [0.1, 0.15) is 19.3 Å². The molecule has 1 atom stereocenters. The quantitative estimate of drug-likeness (QED) is 0.436. The first-order valence-corrected chi connectivity index (χ1v) is 4.35. The molecule has 0 bridgehead atoms. The second kappa shape index (κ2) is 3.01. The van der Waals surface area contributed by atoms with Crippen molar-refractivity contribution in [3.05, 3.63) is 12.2 Å². The monoisotopic (exact) mass is 146 g/mol. The predicted octanol–water partition coefficient (Wildman–Crippen LogP) is 0.707. The Kier molecular flexibility index (Phi) is 2.28. The summed E-state index contributed by atoms with van der Waals surface area (Å²) in [6.07, 6.45) is 6.61. The first-order valence-electron chi connectivity index (χ1n) is 3.11. The van der Waals surface area contributed by atoms with Crippen molar-refractivity contribution in [1.82, 2.24) is 0 Å². The molecule has 0 saturated heterocycles. The molecule has 0 aromatic heterocycles. The van der Waals surface area contributed by atoms with Gasteiger partial charge in [-0.3, -0.25) is 0 Å². The van der Waals surface area contributed by atoms with Crippen LogP contribution in [0.4, 0.5) is 0 Å². The standard InChI is InChI=1S/C6H10O2S/c7-9(8)6-4-2-1-3-5-6/h2,4,6,9H,1,3,5H2. The summed E-state index contributed by atoms with van der Waals surface area (Å²) < 4.78 is 20.7. The van der Waals surface area contributed by atoms with E-state index in [1.165, 1.54) is 0 Å². The highest BCUT2D eigenvalue weighted by atomic mass is 32.2. The summed E-state index contributed by atoms with van der Waals surface area (Å²) in [6, 6.07) is 0. The fraction of sp³-hybridized carbons (Fsp3) is 0.667. The highest BCUT2D eigenvalue weighted by Crippen LogP contribution is 2.12. The second-order valence-electron chi connectivity index (χ2n) is 2.21. The lowest BCUT2D eigenvalue weighted by Crippen LogP contribution is -2.08. The number of hydrogen-bond donors (Lipinski definition) is 1. The van der Waals surface area contributed by atoms with Gasteiger partial charge in [-0.2, -0.15) is 0 Å². The van der Waals surface area contributed by atoms with Crippen LogP contribution >= 0.6 is 0 Å². The van der Waals surface area contributed by atoms with E-state index in [2.05, 4.69) is 0 Å². The maximum Gasteiger partial charge on any atom is 0.146 e. The Morgan fingerprint density at radius 3 is 2.56 bits per heavy atom. The predicted molar refractivity (Wildman–Crippen MR) is 37.1 cm³/mol. The first-order chi connectivity index (χ1) is 4.30. The molecule has 0 fully saturated rings. The van der Waals surface area contributed by atoms with Gasteiger partial charge in [-0.05, 0) is 19.3 Å². The Labute approximate surface area is 56.5 Å². The summed E-state index contributed by atoms with van der Waals surface area (Å²) in [6.45, 7) is 0.